The molecule has 1 aliphatic heterocycles. The summed E-state index contributed by atoms with van der Waals surface area (Å²) < 4.78 is 0. The fourth-order valence-corrected chi connectivity index (χ4v) is 2.36. The number of primary amides is 1. The Kier molecular flexibility index (Phi) is 4.56. The van der Waals surface area contributed by atoms with Gasteiger partial charge >= 0.3 is 0 Å². The highest BCUT2D eigenvalue weighted by Crippen LogP contribution is 2.16. The summed E-state index contributed by atoms with van der Waals surface area (Å²) in [7, 11) is 0. The minimum absolute atomic E-state index is 0.0588. The predicted octanol–water partition coefficient (Wildman–Crippen LogP) is 1.73. The van der Waals surface area contributed by atoms with Crippen LogP contribution >= 0.6 is 0 Å². The molecule has 1 atom stereocenters. The quantitative estimate of drug-likeness (QED) is 0.852. The lowest BCUT2D eigenvalue weighted by atomic mass is 9.97. The standard InChI is InChI=1S/C16H20N2O2/c1-12-4-6-13(7-5-12)8-9-15(19)18-10-2-3-14(11-18)16(17)20/h4-9,14H,2-3,10-11H2,1H3,(H2,17,20)/b9-8+. The van der Waals surface area contributed by atoms with Gasteiger partial charge in [-0.3, -0.25) is 9.59 Å². The molecular formula is C16H20N2O2. The predicted molar refractivity (Wildman–Crippen MR) is 78.7 cm³/mol. The topological polar surface area (TPSA) is 63.4 Å². The minimum Gasteiger partial charge on any atom is -0.369 e. The van der Waals surface area contributed by atoms with Gasteiger partial charge in [0.25, 0.3) is 0 Å². The summed E-state index contributed by atoms with van der Waals surface area (Å²) in [5, 5.41) is 0. The number of carbonyl (C=O) groups excluding carboxylic acids is 2. The van der Waals surface area contributed by atoms with Crippen molar-refractivity contribution in [3.63, 3.8) is 0 Å². The fraction of sp³-hybridized carbons (Fsp3) is 0.375. The Morgan fingerprint density at radius 3 is 2.65 bits per heavy atom. The molecule has 106 valence electrons. The van der Waals surface area contributed by atoms with Crippen LogP contribution in [0.1, 0.15) is 24.0 Å². The summed E-state index contributed by atoms with van der Waals surface area (Å²) in [5.74, 6) is -0.581. The van der Waals surface area contributed by atoms with E-state index in [1.807, 2.05) is 31.2 Å². The fourth-order valence-electron chi connectivity index (χ4n) is 2.36. The van der Waals surface area contributed by atoms with Crippen molar-refractivity contribution in [1.82, 2.24) is 4.90 Å². The molecule has 4 nitrogen and oxygen atoms in total. The zero-order valence-corrected chi connectivity index (χ0v) is 11.7. The second-order valence-electron chi connectivity index (χ2n) is 5.27. The van der Waals surface area contributed by atoms with Gasteiger partial charge in [-0.25, -0.2) is 0 Å². The minimum atomic E-state index is -0.315. The van der Waals surface area contributed by atoms with Crippen LogP contribution in [0, 0.1) is 12.8 Å². The highest BCUT2D eigenvalue weighted by Gasteiger charge is 2.25. The van der Waals surface area contributed by atoms with E-state index in [0.29, 0.717) is 13.1 Å². The van der Waals surface area contributed by atoms with Crippen molar-refractivity contribution in [3.8, 4) is 0 Å². The van der Waals surface area contributed by atoms with Crippen molar-refractivity contribution in [2.24, 2.45) is 11.7 Å². The summed E-state index contributed by atoms with van der Waals surface area (Å²) >= 11 is 0. The number of hydrogen-bond acceptors (Lipinski definition) is 2. The molecule has 0 bridgehead atoms. The van der Waals surface area contributed by atoms with E-state index < -0.39 is 0 Å². The van der Waals surface area contributed by atoms with Gasteiger partial charge in [0.1, 0.15) is 0 Å². The largest absolute Gasteiger partial charge is 0.369 e. The molecular weight excluding hydrogens is 252 g/mol. The third-order valence-corrected chi connectivity index (χ3v) is 3.63. The molecule has 4 heteroatoms. The highest BCUT2D eigenvalue weighted by atomic mass is 16.2. The summed E-state index contributed by atoms with van der Waals surface area (Å²) in [6.07, 6.45) is 4.97. The third-order valence-electron chi connectivity index (χ3n) is 3.63. The van der Waals surface area contributed by atoms with Crippen LogP contribution in [0.5, 0.6) is 0 Å². The molecule has 0 aromatic heterocycles. The average Bonchev–Trinajstić information content (AvgIpc) is 2.46. The van der Waals surface area contributed by atoms with E-state index >= 15 is 0 Å². The maximum atomic E-state index is 12.1. The van der Waals surface area contributed by atoms with Crippen molar-refractivity contribution < 1.29 is 9.59 Å². The smallest absolute Gasteiger partial charge is 0.246 e. The SMILES string of the molecule is Cc1ccc(/C=C/C(=O)N2CCCC(C(N)=O)C2)cc1. The maximum Gasteiger partial charge on any atom is 0.246 e. The van der Waals surface area contributed by atoms with Crippen LogP contribution in [0.25, 0.3) is 6.08 Å². The van der Waals surface area contributed by atoms with Gasteiger partial charge in [0, 0.05) is 19.2 Å². The number of likely N-dealkylation sites (tertiary alicyclic amines) is 1. The molecule has 2 N–H and O–H groups in total. The van der Waals surface area contributed by atoms with Gasteiger partial charge < -0.3 is 10.6 Å². The molecule has 20 heavy (non-hydrogen) atoms. The summed E-state index contributed by atoms with van der Waals surface area (Å²) in [4.78, 5) is 25.0. The van der Waals surface area contributed by atoms with Crippen LogP contribution < -0.4 is 5.73 Å². The van der Waals surface area contributed by atoms with Crippen LogP contribution in [0.2, 0.25) is 0 Å². The molecule has 2 rings (SSSR count). The molecule has 1 aromatic carbocycles. The summed E-state index contributed by atoms with van der Waals surface area (Å²) in [6, 6.07) is 7.96. The van der Waals surface area contributed by atoms with E-state index in [2.05, 4.69) is 0 Å². The number of nitrogens with two attached hydrogens (primary N) is 1. The van der Waals surface area contributed by atoms with Crippen molar-refractivity contribution in [2.45, 2.75) is 19.8 Å². The van der Waals surface area contributed by atoms with E-state index in [1.165, 1.54) is 5.56 Å². The van der Waals surface area contributed by atoms with Gasteiger partial charge in [-0.05, 0) is 31.4 Å². The normalized spacial score (nSPS) is 19.2. The van der Waals surface area contributed by atoms with Gasteiger partial charge in [-0.15, -0.1) is 0 Å². The van der Waals surface area contributed by atoms with Crippen LogP contribution in [-0.4, -0.2) is 29.8 Å². The van der Waals surface area contributed by atoms with Gasteiger partial charge in [-0.1, -0.05) is 29.8 Å². The molecule has 1 aromatic rings. The number of benzene rings is 1. The average molecular weight is 272 g/mol. The first kappa shape index (κ1) is 14.3. The lowest BCUT2D eigenvalue weighted by molar-refractivity contribution is -0.130. The van der Waals surface area contributed by atoms with Crippen LogP contribution in [0.3, 0.4) is 0 Å². The van der Waals surface area contributed by atoms with Crippen molar-refractivity contribution in [3.05, 3.63) is 41.5 Å². The Hall–Kier alpha value is -2.10. The number of nitrogens with zero attached hydrogens (tertiary/aromatic N) is 1. The first-order chi connectivity index (χ1) is 9.56. The van der Waals surface area contributed by atoms with E-state index in [9.17, 15) is 9.59 Å². The number of hydrogen-bond donors (Lipinski definition) is 1. The molecule has 0 aliphatic carbocycles. The van der Waals surface area contributed by atoms with Crippen molar-refractivity contribution in [2.75, 3.05) is 13.1 Å². The second-order valence-corrected chi connectivity index (χ2v) is 5.27. The first-order valence-electron chi connectivity index (χ1n) is 6.89. The zero-order chi connectivity index (χ0) is 14.5. The van der Waals surface area contributed by atoms with Crippen molar-refractivity contribution in [1.29, 1.82) is 0 Å². The Balaban J connectivity index is 1.97. The number of carbonyl (C=O) groups is 2. The monoisotopic (exact) mass is 272 g/mol. The molecule has 1 saturated heterocycles. The molecule has 1 fully saturated rings. The Morgan fingerprint density at radius 1 is 1.30 bits per heavy atom. The number of piperidine rings is 1. The van der Waals surface area contributed by atoms with Crippen LogP contribution in [0.4, 0.5) is 0 Å². The van der Waals surface area contributed by atoms with Gasteiger partial charge in [0.15, 0.2) is 0 Å². The molecule has 1 unspecified atom stereocenters. The summed E-state index contributed by atoms with van der Waals surface area (Å²) in [6.45, 7) is 3.16. The lowest BCUT2D eigenvalue weighted by Crippen LogP contribution is -2.43. The van der Waals surface area contributed by atoms with E-state index in [-0.39, 0.29) is 17.7 Å². The first-order valence-corrected chi connectivity index (χ1v) is 6.89. The Bertz CT molecular complexity index is 520. The van der Waals surface area contributed by atoms with E-state index in [0.717, 1.165) is 18.4 Å². The maximum absolute atomic E-state index is 12.1. The third kappa shape index (κ3) is 3.70. The van der Waals surface area contributed by atoms with E-state index in [1.54, 1.807) is 17.1 Å². The molecule has 2 amide bonds. The zero-order valence-electron chi connectivity index (χ0n) is 11.7. The molecule has 1 heterocycles. The molecule has 1 aliphatic rings. The number of aryl methyl sites for hydroxylation is 1. The summed E-state index contributed by atoms with van der Waals surface area (Å²) in [5.41, 5.74) is 7.50. The van der Waals surface area contributed by atoms with Gasteiger partial charge in [0.05, 0.1) is 5.92 Å². The van der Waals surface area contributed by atoms with Crippen molar-refractivity contribution >= 4 is 17.9 Å². The van der Waals surface area contributed by atoms with Crippen LogP contribution in [-0.2, 0) is 9.59 Å². The van der Waals surface area contributed by atoms with Gasteiger partial charge in [0.2, 0.25) is 11.8 Å². The Labute approximate surface area is 119 Å². The molecule has 0 radical (unpaired) electrons. The molecule has 0 saturated carbocycles. The van der Waals surface area contributed by atoms with Gasteiger partial charge in [-0.2, -0.15) is 0 Å². The van der Waals surface area contributed by atoms with E-state index in [4.69, 9.17) is 5.73 Å². The Morgan fingerprint density at radius 2 is 2.00 bits per heavy atom. The number of rotatable bonds is 3. The van der Waals surface area contributed by atoms with Crippen LogP contribution in [0.15, 0.2) is 30.3 Å². The lowest BCUT2D eigenvalue weighted by Gasteiger charge is -2.30. The molecule has 0 spiro atoms. The number of amides is 2. The highest BCUT2D eigenvalue weighted by molar-refractivity contribution is 5.92. The second kappa shape index (κ2) is 6.37.